The minimum Gasteiger partial charge on any atom is -0.482 e. The fourth-order valence-electron chi connectivity index (χ4n) is 4.57. The zero-order valence-corrected chi connectivity index (χ0v) is 23.1. The van der Waals surface area contributed by atoms with Gasteiger partial charge in [-0.3, -0.25) is 4.79 Å². The van der Waals surface area contributed by atoms with E-state index in [2.05, 4.69) is 15.2 Å². The third kappa shape index (κ3) is 6.04. The maximum atomic E-state index is 14.0. The first-order chi connectivity index (χ1) is 18.1. The van der Waals surface area contributed by atoms with Crippen LogP contribution in [0.1, 0.15) is 41.8 Å². The third-order valence-electron chi connectivity index (χ3n) is 7.10. The molecule has 1 aromatic heterocycles. The highest BCUT2D eigenvalue weighted by Gasteiger charge is 2.35. The minimum absolute atomic E-state index is 0.102. The molecule has 0 spiro atoms. The maximum Gasteiger partial charge on any atom is 0.251 e. The normalized spacial score (nSPS) is 15.8. The summed E-state index contributed by atoms with van der Waals surface area (Å²) in [6, 6.07) is 11.6. The van der Waals surface area contributed by atoms with Crippen LogP contribution in [-0.2, 0) is 4.74 Å². The van der Waals surface area contributed by atoms with Crippen LogP contribution in [0.25, 0.3) is 11.1 Å². The molecule has 0 bridgehead atoms. The van der Waals surface area contributed by atoms with Crippen molar-refractivity contribution in [3.8, 4) is 16.9 Å². The molecule has 10 heteroatoms. The Hall–Kier alpha value is -2.91. The number of halogens is 3. The van der Waals surface area contributed by atoms with Crippen LogP contribution in [0.4, 0.5) is 10.2 Å². The lowest BCUT2D eigenvalue weighted by Gasteiger charge is -2.42. The Morgan fingerprint density at radius 1 is 1.18 bits per heavy atom. The van der Waals surface area contributed by atoms with Gasteiger partial charge in [-0.15, -0.1) is 0 Å². The van der Waals surface area contributed by atoms with Gasteiger partial charge in [0.15, 0.2) is 11.6 Å². The molecule has 2 heterocycles. The van der Waals surface area contributed by atoms with Crippen LogP contribution >= 0.6 is 23.2 Å². The van der Waals surface area contributed by atoms with Crippen LogP contribution in [0.2, 0.25) is 10.0 Å². The molecule has 1 aliphatic heterocycles. The summed E-state index contributed by atoms with van der Waals surface area (Å²) in [6.07, 6.45) is 2.67. The lowest BCUT2D eigenvalue weighted by molar-refractivity contribution is -0.00657. The summed E-state index contributed by atoms with van der Waals surface area (Å²) in [5.41, 5.74) is 8.37. The molecule has 0 aliphatic carbocycles. The highest BCUT2D eigenvalue weighted by Crippen LogP contribution is 2.37. The van der Waals surface area contributed by atoms with Gasteiger partial charge in [-0.1, -0.05) is 35.3 Å². The molecule has 1 amide bonds. The Balaban J connectivity index is 1.47. The van der Waals surface area contributed by atoms with Crippen molar-refractivity contribution < 1.29 is 18.7 Å². The number of nitrogens with two attached hydrogens (primary N) is 1. The molecule has 3 N–H and O–H groups in total. The number of nitrogen functional groups attached to an aromatic ring is 1. The molecule has 1 fully saturated rings. The average Bonchev–Trinajstić information content (AvgIpc) is 2.91. The number of hydrogen-bond donors (Lipinski definition) is 2. The van der Waals surface area contributed by atoms with Gasteiger partial charge in [0.25, 0.3) is 5.91 Å². The summed E-state index contributed by atoms with van der Waals surface area (Å²) in [5, 5.41) is 3.27. The molecule has 4 rings (SSSR count). The maximum absolute atomic E-state index is 14.0. The van der Waals surface area contributed by atoms with Gasteiger partial charge in [0.1, 0.15) is 11.9 Å². The van der Waals surface area contributed by atoms with Gasteiger partial charge < -0.3 is 25.4 Å². The molecule has 0 radical (unpaired) electrons. The van der Waals surface area contributed by atoms with Crippen molar-refractivity contribution in [1.82, 2.24) is 15.2 Å². The molecule has 7 nitrogen and oxygen atoms in total. The van der Waals surface area contributed by atoms with E-state index < -0.39 is 11.9 Å². The molecule has 202 valence electrons. The Bertz CT molecular complexity index is 1300. The molecule has 0 saturated carbocycles. The minimum atomic E-state index is -0.683. The first kappa shape index (κ1) is 28.1. The van der Waals surface area contributed by atoms with E-state index in [-0.39, 0.29) is 27.3 Å². The number of amides is 1. The lowest BCUT2D eigenvalue weighted by atomic mass is 9.88. The van der Waals surface area contributed by atoms with Gasteiger partial charge in [-0.05, 0) is 69.8 Å². The smallest absolute Gasteiger partial charge is 0.251 e. The van der Waals surface area contributed by atoms with Crippen molar-refractivity contribution in [1.29, 1.82) is 0 Å². The zero-order chi connectivity index (χ0) is 27.4. The van der Waals surface area contributed by atoms with E-state index in [9.17, 15) is 9.18 Å². The van der Waals surface area contributed by atoms with Crippen molar-refractivity contribution in [3.63, 3.8) is 0 Å². The van der Waals surface area contributed by atoms with E-state index in [0.29, 0.717) is 36.6 Å². The fourth-order valence-corrected chi connectivity index (χ4v) is 5.24. The largest absolute Gasteiger partial charge is 0.482 e. The van der Waals surface area contributed by atoms with Crippen LogP contribution in [0.5, 0.6) is 5.75 Å². The fraction of sp³-hybridized carbons (Fsp3) is 0.357. The number of ether oxygens (including phenoxy) is 2. The number of anilines is 1. The van der Waals surface area contributed by atoms with Crippen LogP contribution < -0.4 is 15.8 Å². The Morgan fingerprint density at radius 3 is 2.53 bits per heavy atom. The molecular weight excluding hydrogens is 530 g/mol. The quantitative estimate of drug-likeness (QED) is 0.340. The van der Waals surface area contributed by atoms with Crippen molar-refractivity contribution in [2.75, 3.05) is 39.6 Å². The number of pyridine rings is 1. The van der Waals surface area contributed by atoms with Crippen LogP contribution in [0, 0.1) is 5.82 Å². The summed E-state index contributed by atoms with van der Waals surface area (Å²) in [6.45, 7) is 3.62. The van der Waals surface area contributed by atoms with Crippen LogP contribution in [0.15, 0.2) is 48.7 Å². The molecular formula is C28H31Cl2FN4O3. The first-order valence-corrected chi connectivity index (χ1v) is 13.1. The number of carbonyl (C=O) groups is 1. The molecule has 1 saturated heterocycles. The number of carbonyl (C=O) groups excluding carboxylic acids is 1. The van der Waals surface area contributed by atoms with Gasteiger partial charge in [0.05, 0.1) is 5.02 Å². The zero-order valence-electron chi connectivity index (χ0n) is 21.6. The summed E-state index contributed by atoms with van der Waals surface area (Å²) in [4.78, 5) is 19.3. The predicted molar refractivity (Wildman–Crippen MR) is 148 cm³/mol. The predicted octanol–water partition coefficient (Wildman–Crippen LogP) is 5.76. The Labute approximate surface area is 232 Å². The van der Waals surface area contributed by atoms with Crippen LogP contribution in [0.3, 0.4) is 0 Å². The lowest BCUT2D eigenvalue weighted by Crippen LogP contribution is -2.55. The van der Waals surface area contributed by atoms with Crippen LogP contribution in [-0.4, -0.2) is 55.2 Å². The van der Waals surface area contributed by atoms with E-state index in [1.807, 2.05) is 26.2 Å². The highest BCUT2D eigenvalue weighted by atomic mass is 35.5. The van der Waals surface area contributed by atoms with Gasteiger partial charge in [-0.2, -0.15) is 0 Å². The van der Waals surface area contributed by atoms with Gasteiger partial charge in [-0.25, -0.2) is 9.37 Å². The van der Waals surface area contributed by atoms with Crippen molar-refractivity contribution in [2.45, 2.75) is 31.4 Å². The summed E-state index contributed by atoms with van der Waals surface area (Å²) in [5.74, 6) is -0.252. The number of likely N-dealkylation sites (N-methyl/N-ethyl adjacent to an activating group) is 1. The molecule has 38 heavy (non-hydrogen) atoms. The van der Waals surface area contributed by atoms with Gasteiger partial charge >= 0.3 is 0 Å². The molecule has 2 aromatic carbocycles. The molecule has 3 aromatic rings. The second-order valence-corrected chi connectivity index (χ2v) is 10.4. The number of benzene rings is 2. The van der Waals surface area contributed by atoms with Crippen molar-refractivity contribution in [2.24, 2.45) is 0 Å². The van der Waals surface area contributed by atoms with Crippen molar-refractivity contribution in [3.05, 3.63) is 75.7 Å². The van der Waals surface area contributed by atoms with E-state index in [1.54, 1.807) is 31.3 Å². The second kappa shape index (κ2) is 11.9. The Kier molecular flexibility index (Phi) is 8.78. The third-order valence-corrected chi connectivity index (χ3v) is 7.82. The molecule has 1 unspecified atom stereocenters. The Morgan fingerprint density at radius 2 is 1.87 bits per heavy atom. The van der Waals surface area contributed by atoms with E-state index in [4.69, 9.17) is 38.4 Å². The summed E-state index contributed by atoms with van der Waals surface area (Å²) in [7, 11) is 4.07. The van der Waals surface area contributed by atoms with Gasteiger partial charge in [0.2, 0.25) is 0 Å². The first-order valence-electron chi connectivity index (χ1n) is 12.3. The number of nitrogens with one attached hydrogen (secondary N) is 1. The molecule has 1 atom stereocenters. The number of hydrogen-bond acceptors (Lipinski definition) is 6. The molecule has 1 aliphatic rings. The van der Waals surface area contributed by atoms with E-state index in [1.165, 1.54) is 12.1 Å². The SMILES string of the molecule is CC(Oc1cc(-c2ccc(C(=O)NCC3(N(C)C)CCOCC3)cc2)cnc1N)c1c(Cl)ccc(F)c1Cl. The van der Waals surface area contributed by atoms with E-state index in [0.717, 1.165) is 24.0 Å². The number of rotatable bonds is 8. The topological polar surface area (TPSA) is 89.7 Å². The average molecular weight is 561 g/mol. The summed E-state index contributed by atoms with van der Waals surface area (Å²) >= 11 is 12.4. The second-order valence-electron chi connectivity index (χ2n) is 9.62. The summed E-state index contributed by atoms with van der Waals surface area (Å²) < 4.78 is 25.5. The number of aromatic nitrogens is 1. The monoisotopic (exact) mass is 560 g/mol. The van der Waals surface area contributed by atoms with Crippen molar-refractivity contribution >= 4 is 34.9 Å². The highest BCUT2D eigenvalue weighted by molar-refractivity contribution is 6.36. The number of nitrogens with zero attached hydrogens (tertiary/aromatic N) is 2. The van der Waals surface area contributed by atoms with E-state index >= 15 is 0 Å². The standard InChI is InChI=1S/C28H31Cl2FN4O3/c1-17(24-21(29)8-9-22(31)25(24)30)38-23-14-20(15-33-26(23)32)18-4-6-19(7-5-18)27(36)34-16-28(35(2)3)10-12-37-13-11-28/h4-9,14-15,17H,10-13,16H2,1-3H3,(H2,32,33)(H,34,36). The van der Waals surface area contributed by atoms with Gasteiger partial charge in [0, 0.05) is 53.2 Å².